The number of nitrogens with zero attached hydrogens (tertiary/aromatic N) is 2. The summed E-state index contributed by atoms with van der Waals surface area (Å²) in [5.74, 6) is 0.185. The van der Waals surface area contributed by atoms with Crippen LogP contribution in [0.4, 0.5) is 13.2 Å². The van der Waals surface area contributed by atoms with E-state index >= 15 is 0 Å². The molecule has 3 rings (SSSR count). The lowest BCUT2D eigenvalue weighted by Gasteiger charge is -2.05. The van der Waals surface area contributed by atoms with Gasteiger partial charge in [-0.1, -0.05) is 30.3 Å². The number of aromatic nitrogens is 2. The average Bonchev–Trinajstić information content (AvgIpc) is 3.07. The quantitative estimate of drug-likeness (QED) is 0.690. The first kappa shape index (κ1) is 14.8. The van der Waals surface area contributed by atoms with Crippen molar-refractivity contribution in [2.24, 2.45) is 7.05 Å². The van der Waals surface area contributed by atoms with Gasteiger partial charge in [-0.15, -0.1) is 0 Å². The number of benzene rings is 1. The lowest BCUT2D eigenvalue weighted by Crippen LogP contribution is -2.04. The van der Waals surface area contributed by atoms with E-state index in [-0.39, 0.29) is 10.9 Å². The number of hydrogen-bond donors (Lipinski definition) is 0. The molecule has 0 spiro atoms. The Morgan fingerprint density at radius 2 is 1.91 bits per heavy atom. The van der Waals surface area contributed by atoms with Crippen LogP contribution in [0.15, 0.2) is 63.5 Å². The van der Waals surface area contributed by atoms with Gasteiger partial charge in [0.1, 0.15) is 11.3 Å². The van der Waals surface area contributed by atoms with E-state index in [4.69, 9.17) is 4.42 Å². The first-order valence-electron chi connectivity index (χ1n) is 6.37. The molecule has 22 heavy (non-hydrogen) atoms. The van der Waals surface area contributed by atoms with Gasteiger partial charge in [0.05, 0.1) is 0 Å². The molecule has 0 unspecified atom stereocenters. The Kier molecular flexibility index (Phi) is 3.74. The van der Waals surface area contributed by atoms with Gasteiger partial charge in [-0.2, -0.15) is 13.2 Å². The number of furan rings is 1. The van der Waals surface area contributed by atoms with Crippen LogP contribution in [0, 0.1) is 0 Å². The van der Waals surface area contributed by atoms with Crippen molar-refractivity contribution in [1.82, 2.24) is 9.55 Å². The maximum atomic E-state index is 13.2. The summed E-state index contributed by atoms with van der Waals surface area (Å²) < 4.78 is 46.7. The molecule has 0 saturated heterocycles. The van der Waals surface area contributed by atoms with Gasteiger partial charge in [-0.25, -0.2) is 4.98 Å². The van der Waals surface area contributed by atoms with Gasteiger partial charge in [0.2, 0.25) is 0 Å². The van der Waals surface area contributed by atoms with Crippen LogP contribution >= 0.6 is 11.8 Å². The first-order valence-corrected chi connectivity index (χ1v) is 7.18. The zero-order valence-corrected chi connectivity index (χ0v) is 12.3. The highest BCUT2D eigenvalue weighted by atomic mass is 32.2. The molecule has 0 saturated carbocycles. The minimum Gasteiger partial charge on any atom is -0.449 e. The second-order valence-electron chi connectivity index (χ2n) is 4.60. The molecule has 0 bridgehead atoms. The van der Waals surface area contributed by atoms with Gasteiger partial charge < -0.3 is 8.98 Å². The van der Waals surface area contributed by atoms with Crippen molar-refractivity contribution in [3.8, 4) is 11.3 Å². The van der Waals surface area contributed by atoms with Gasteiger partial charge in [-0.3, -0.25) is 0 Å². The van der Waals surface area contributed by atoms with Crippen molar-refractivity contribution in [1.29, 1.82) is 0 Å². The number of alkyl halides is 3. The molecule has 0 N–H and O–H groups in total. The van der Waals surface area contributed by atoms with Crippen molar-refractivity contribution in [3.63, 3.8) is 0 Å². The number of imidazole rings is 1. The second kappa shape index (κ2) is 5.57. The Morgan fingerprint density at radius 1 is 1.18 bits per heavy atom. The lowest BCUT2D eigenvalue weighted by molar-refractivity contribution is -0.140. The van der Waals surface area contributed by atoms with Crippen molar-refractivity contribution in [3.05, 3.63) is 54.4 Å². The summed E-state index contributed by atoms with van der Waals surface area (Å²) in [6.45, 7) is 0. The molecule has 2 heterocycles. The third-order valence-electron chi connectivity index (χ3n) is 3.02. The van der Waals surface area contributed by atoms with E-state index in [0.29, 0.717) is 10.7 Å². The largest absolute Gasteiger partial charge is 0.449 e. The molecular weight excluding hydrogens is 313 g/mol. The van der Waals surface area contributed by atoms with Crippen LogP contribution in [0.1, 0.15) is 5.56 Å². The Labute approximate surface area is 128 Å². The molecule has 0 atom stereocenters. The minimum absolute atomic E-state index is 0.185. The highest BCUT2D eigenvalue weighted by Crippen LogP contribution is 2.43. The van der Waals surface area contributed by atoms with Crippen LogP contribution in [0.3, 0.4) is 0 Å². The third kappa shape index (κ3) is 2.89. The molecule has 0 aliphatic heterocycles. The summed E-state index contributed by atoms with van der Waals surface area (Å²) in [5.41, 5.74) is -0.195. The van der Waals surface area contributed by atoms with Crippen LogP contribution in [0.25, 0.3) is 11.3 Å². The molecule has 3 aromatic rings. The number of halogens is 3. The van der Waals surface area contributed by atoms with Crippen molar-refractivity contribution in [2.45, 2.75) is 16.4 Å². The monoisotopic (exact) mass is 324 g/mol. The first-order chi connectivity index (χ1) is 10.4. The molecule has 2 aromatic heterocycles. The Balaban J connectivity index is 2.04. The van der Waals surface area contributed by atoms with E-state index < -0.39 is 11.7 Å². The maximum Gasteiger partial charge on any atom is 0.420 e. The van der Waals surface area contributed by atoms with E-state index in [1.165, 1.54) is 6.20 Å². The van der Waals surface area contributed by atoms with Crippen molar-refractivity contribution < 1.29 is 17.6 Å². The zero-order valence-electron chi connectivity index (χ0n) is 11.5. The molecule has 0 aliphatic rings. The van der Waals surface area contributed by atoms with E-state index in [1.807, 2.05) is 0 Å². The fourth-order valence-electron chi connectivity index (χ4n) is 1.93. The van der Waals surface area contributed by atoms with Gasteiger partial charge in [0.25, 0.3) is 0 Å². The second-order valence-corrected chi connectivity index (χ2v) is 5.54. The van der Waals surface area contributed by atoms with Crippen molar-refractivity contribution >= 4 is 11.8 Å². The van der Waals surface area contributed by atoms with E-state index in [2.05, 4.69) is 4.98 Å². The maximum absolute atomic E-state index is 13.2. The van der Waals surface area contributed by atoms with Gasteiger partial charge in [0.15, 0.2) is 10.2 Å². The van der Waals surface area contributed by atoms with E-state index in [0.717, 1.165) is 17.8 Å². The standard InChI is InChI=1S/C15H11F3N2OS/c1-20-8-7-19-14(20)22-13-11(15(16,17)18)9-12(21-13)10-5-3-2-4-6-10/h2-9H,1H3. The molecule has 114 valence electrons. The normalized spacial score (nSPS) is 11.8. The topological polar surface area (TPSA) is 31.0 Å². The molecule has 1 aromatic carbocycles. The summed E-state index contributed by atoms with van der Waals surface area (Å²) >= 11 is 0.855. The molecule has 0 radical (unpaired) electrons. The molecule has 7 heteroatoms. The Bertz CT molecular complexity index is 778. The van der Waals surface area contributed by atoms with E-state index in [1.54, 1.807) is 48.1 Å². The van der Waals surface area contributed by atoms with Crippen LogP contribution in [0.2, 0.25) is 0 Å². The van der Waals surface area contributed by atoms with Crippen LogP contribution in [0.5, 0.6) is 0 Å². The van der Waals surface area contributed by atoms with Crippen LogP contribution < -0.4 is 0 Å². The average molecular weight is 324 g/mol. The number of hydrogen-bond acceptors (Lipinski definition) is 3. The van der Waals surface area contributed by atoms with Gasteiger partial charge in [0, 0.05) is 25.0 Å². The van der Waals surface area contributed by atoms with E-state index in [9.17, 15) is 13.2 Å². The van der Waals surface area contributed by atoms with Crippen LogP contribution in [-0.4, -0.2) is 9.55 Å². The smallest absolute Gasteiger partial charge is 0.420 e. The Morgan fingerprint density at radius 3 is 2.50 bits per heavy atom. The van der Waals surface area contributed by atoms with Gasteiger partial charge in [-0.05, 0) is 17.8 Å². The summed E-state index contributed by atoms with van der Waals surface area (Å²) in [6, 6.07) is 9.72. The third-order valence-corrected chi connectivity index (χ3v) is 4.09. The highest BCUT2D eigenvalue weighted by Gasteiger charge is 2.37. The zero-order chi connectivity index (χ0) is 15.7. The van der Waals surface area contributed by atoms with Crippen molar-refractivity contribution in [2.75, 3.05) is 0 Å². The summed E-state index contributed by atoms with van der Waals surface area (Å²) in [6.07, 6.45) is -1.29. The fraction of sp³-hybridized carbons (Fsp3) is 0.133. The minimum atomic E-state index is -4.48. The number of rotatable bonds is 3. The molecule has 3 nitrogen and oxygen atoms in total. The SMILES string of the molecule is Cn1ccnc1Sc1oc(-c2ccccc2)cc1C(F)(F)F. The Hall–Kier alpha value is -2.15. The molecule has 0 aliphatic carbocycles. The fourth-order valence-corrected chi connectivity index (χ4v) is 2.83. The highest BCUT2D eigenvalue weighted by molar-refractivity contribution is 7.99. The molecular formula is C15H11F3N2OS. The summed E-state index contributed by atoms with van der Waals surface area (Å²) in [4.78, 5) is 4.01. The molecule has 0 fully saturated rings. The predicted octanol–water partition coefficient (Wildman–Crippen LogP) is 4.85. The van der Waals surface area contributed by atoms with Crippen LogP contribution in [-0.2, 0) is 13.2 Å². The molecule has 0 amide bonds. The summed E-state index contributed by atoms with van der Waals surface area (Å²) in [7, 11) is 1.71. The summed E-state index contributed by atoms with van der Waals surface area (Å²) in [5, 5.41) is 0.222. The number of aryl methyl sites for hydroxylation is 1. The van der Waals surface area contributed by atoms with Gasteiger partial charge >= 0.3 is 6.18 Å². The predicted molar refractivity (Wildman–Crippen MR) is 76.5 cm³/mol. The lowest BCUT2D eigenvalue weighted by atomic mass is 10.1.